The number of aliphatic hydroxyl groups is 2. The maximum Gasteiger partial charge on any atom is 0.305 e. The van der Waals surface area contributed by atoms with Gasteiger partial charge in [0.2, 0.25) is 5.91 Å². The number of hydrogen-bond donors (Lipinski definition) is 3. The van der Waals surface area contributed by atoms with Crippen molar-refractivity contribution in [1.82, 2.24) is 5.32 Å². The van der Waals surface area contributed by atoms with Crippen LogP contribution >= 0.6 is 0 Å². The lowest BCUT2D eigenvalue weighted by molar-refractivity contribution is -0.143. The van der Waals surface area contributed by atoms with Crippen LogP contribution < -0.4 is 5.32 Å². The molecule has 0 aromatic carbocycles. The average Bonchev–Trinajstić information content (AvgIpc) is 3.45. The smallest absolute Gasteiger partial charge is 0.305 e. The van der Waals surface area contributed by atoms with Crippen molar-refractivity contribution in [1.29, 1.82) is 0 Å². The van der Waals surface area contributed by atoms with Crippen LogP contribution in [0.5, 0.6) is 0 Å². The predicted octanol–water partition coefficient (Wildman–Crippen LogP) is 22.9. The van der Waals surface area contributed by atoms with Crippen molar-refractivity contribution < 1.29 is 24.5 Å². The number of ether oxygens (including phenoxy) is 1. The van der Waals surface area contributed by atoms with Crippen molar-refractivity contribution in [2.45, 2.75) is 392 Å². The molecule has 464 valence electrons. The SMILES string of the molecule is CCCCCCCC/C=C\CCCCCCCCCC(=O)OCCCCCCCCCCC/C=C\C/C=C\CCCCCCCCCC(=O)NC(CO)C(O)/C=C/CCCCCCCCCCCCCCCCCCCCCC. The van der Waals surface area contributed by atoms with Crippen molar-refractivity contribution in [3.63, 3.8) is 0 Å². The van der Waals surface area contributed by atoms with Gasteiger partial charge in [-0.1, -0.05) is 326 Å². The molecule has 0 aromatic heterocycles. The monoisotopic (exact) mass is 1110 g/mol. The molecule has 0 aromatic rings. The lowest BCUT2D eigenvalue weighted by Gasteiger charge is -2.20. The highest BCUT2D eigenvalue weighted by Crippen LogP contribution is 2.18. The molecular formula is C73H137NO5. The first-order valence-electron chi connectivity index (χ1n) is 35.4. The van der Waals surface area contributed by atoms with Gasteiger partial charge in [0, 0.05) is 12.8 Å². The zero-order valence-electron chi connectivity index (χ0n) is 53.1. The van der Waals surface area contributed by atoms with Crippen LogP contribution in [0.3, 0.4) is 0 Å². The van der Waals surface area contributed by atoms with E-state index in [1.165, 1.54) is 289 Å². The van der Waals surface area contributed by atoms with Gasteiger partial charge in [0.25, 0.3) is 0 Å². The highest BCUT2D eigenvalue weighted by atomic mass is 16.5. The van der Waals surface area contributed by atoms with Crippen molar-refractivity contribution in [2.24, 2.45) is 0 Å². The fourth-order valence-corrected chi connectivity index (χ4v) is 10.9. The second-order valence-corrected chi connectivity index (χ2v) is 24.2. The number of carbonyl (C=O) groups excluding carboxylic acids is 2. The van der Waals surface area contributed by atoms with Gasteiger partial charge in [0.15, 0.2) is 0 Å². The van der Waals surface area contributed by atoms with E-state index in [0.29, 0.717) is 19.4 Å². The molecule has 0 radical (unpaired) electrons. The second-order valence-electron chi connectivity index (χ2n) is 24.2. The molecular weight excluding hydrogens is 971 g/mol. The van der Waals surface area contributed by atoms with Gasteiger partial charge in [0.1, 0.15) is 0 Å². The van der Waals surface area contributed by atoms with Crippen LogP contribution in [-0.2, 0) is 14.3 Å². The quantitative estimate of drug-likeness (QED) is 0.0320. The minimum absolute atomic E-state index is 0.00349. The molecule has 6 heteroatoms. The molecule has 2 atom stereocenters. The molecule has 0 aliphatic carbocycles. The van der Waals surface area contributed by atoms with Gasteiger partial charge in [-0.25, -0.2) is 0 Å². The van der Waals surface area contributed by atoms with Crippen LogP contribution in [-0.4, -0.2) is 47.4 Å². The molecule has 3 N–H and O–H groups in total. The molecule has 6 nitrogen and oxygen atoms in total. The maximum absolute atomic E-state index is 12.5. The highest BCUT2D eigenvalue weighted by molar-refractivity contribution is 5.76. The lowest BCUT2D eigenvalue weighted by atomic mass is 10.0. The molecule has 0 rings (SSSR count). The molecule has 0 bridgehead atoms. The summed E-state index contributed by atoms with van der Waals surface area (Å²) in [5, 5.41) is 23.2. The van der Waals surface area contributed by atoms with E-state index in [2.05, 4.69) is 55.6 Å². The summed E-state index contributed by atoms with van der Waals surface area (Å²) in [6.45, 7) is 4.92. The number of nitrogens with one attached hydrogen (secondary N) is 1. The Labute approximate surface area is 493 Å². The third-order valence-electron chi connectivity index (χ3n) is 16.3. The van der Waals surface area contributed by atoms with Gasteiger partial charge in [-0.15, -0.1) is 0 Å². The van der Waals surface area contributed by atoms with Gasteiger partial charge in [-0.2, -0.15) is 0 Å². The zero-order chi connectivity index (χ0) is 57.1. The maximum atomic E-state index is 12.5. The van der Waals surface area contributed by atoms with E-state index in [1.54, 1.807) is 6.08 Å². The van der Waals surface area contributed by atoms with Crippen molar-refractivity contribution >= 4 is 11.9 Å². The predicted molar refractivity (Wildman–Crippen MR) is 347 cm³/mol. The number of amides is 1. The molecule has 0 aliphatic heterocycles. The average molecular weight is 1110 g/mol. The van der Waals surface area contributed by atoms with Crippen molar-refractivity contribution in [3.05, 3.63) is 48.6 Å². The zero-order valence-corrected chi connectivity index (χ0v) is 53.1. The van der Waals surface area contributed by atoms with Gasteiger partial charge in [-0.05, 0) is 89.9 Å². The summed E-state index contributed by atoms with van der Waals surface area (Å²) in [6, 6.07) is -0.638. The summed E-state index contributed by atoms with van der Waals surface area (Å²) < 4.78 is 5.49. The normalized spacial score (nSPS) is 12.8. The molecule has 0 saturated carbocycles. The first kappa shape index (κ1) is 76.8. The van der Waals surface area contributed by atoms with Crippen LogP contribution in [0.2, 0.25) is 0 Å². The van der Waals surface area contributed by atoms with Gasteiger partial charge < -0.3 is 20.3 Å². The molecule has 0 fully saturated rings. The fourth-order valence-electron chi connectivity index (χ4n) is 10.9. The van der Waals surface area contributed by atoms with E-state index in [0.717, 1.165) is 64.2 Å². The second kappa shape index (κ2) is 68.3. The van der Waals surface area contributed by atoms with E-state index >= 15 is 0 Å². The molecule has 79 heavy (non-hydrogen) atoms. The minimum Gasteiger partial charge on any atom is -0.466 e. The lowest BCUT2D eigenvalue weighted by Crippen LogP contribution is -2.45. The number of unbranched alkanes of at least 4 members (excludes halogenated alkanes) is 49. The Morgan fingerprint density at radius 3 is 0.975 bits per heavy atom. The molecule has 0 saturated heterocycles. The van der Waals surface area contributed by atoms with E-state index < -0.39 is 12.1 Å². The van der Waals surface area contributed by atoms with Gasteiger partial charge in [-0.3, -0.25) is 9.59 Å². The Morgan fingerprint density at radius 2 is 0.633 bits per heavy atom. The molecule has 0 aliphatic rings. The number of rotatable bonds is 66. The Morgan fingerprint density at radius 1 is 0.354 bits per heavy atom. The van der Waals surface area contributed by atoms with Crippen LogP contribution in [0.1, 0.15) is 380 Å². The summed E-state index contributed by atoms with van der Waals surface area (Å²) >= 11 is 0. The topological polar surface area (TPSA) is 95.9 Å². The summed E-state index contributed by atoms with van der Waals surface area (Å²) in [7, 11) is 0. The minimum atomic E-state index is -0.853. The highest BCUT2D eigenvalue weighted by Gasteiger charge is 2.18. The third-order valence-corrected chi connectivity index (χ3v) is 16.3. The number of hydrogen-bond acceptors (Lipinski definition) is 5. The van der Waals surface area contributed by atoms with Crippen LogP contribution in [0.15, 0.2) is 48.6 Å². The van der Waals surface area contributed by atoms with Crippen molar-refractivity contribution in [2.75, 3.05) is 13.2 Å². The van der Waals surface area contributed by atoms with Crippen LogP contribution in [0.4, 0.5) is 0 Å². The number of esters is 1. The summed E-state index contributed by atoms with van der Waals surface area (Å²) in [4.78, 5) is 24.6. The standard InChI is InChI=1S/C73H137NO5/c1-3-5-7-9-11-13-15-17-19-21-22-23-27-30-34-37-41-45-49-53-57-61-65-71(76)70(69-75)74-72(77)66-62-58-54-50-46-42-38-35-31-28-25-24-26-29-32-36-40-44-48-52-56-60-64-68-79-73(78)67-63-59-55-51-47-43-39-33-20-18-16-14-12-10-8-6-4-2/h18,20,24,26,28,31,61,65,70-71,75-76H,3-17,19,21-23,25,27,29-30,32-60,62-64,66-69H2,1-2H3,(H,74,77)/b20-18-,26-24-,31-28-,65-61+. The van der Waals surface area contributed by atoms with Crippen LogP contribution in [0.25, 0.3) is 0 Å². The summed E-state index contributed by atoms with van der Waals surface area (Å²) in [6.07, 6.45) is 88.9. The Balaban J connectivity index is 3.47. The fraction of sp³-hybridized carbons (Fsp3) is 0.863. The Kier molecular flexibility index (Phi) is 66.4. The molecule has 0 heterocycles. The first-order valence-corrected chi connectivity index (χ1v) is 35.4. The number of aliphatic hydroxyl groups excluding tert-OH is 2. The summed E-state index contributed by atoms with van der Waals surface area (Å²) in [5.74, 6) is -0.0720. The van der Waals surface area contributed by atoms with E-state index in [9.17, 15) is 19.8 Å². The number of carbonyl (C=O) groups is 2. The Bertz CT molecular complexity index is 1320. The molecule has 1 amide bonds. The largest absolute Gasteiger partial charge is 0.466 e. The van der Waals surface area contributed by atoms with E-state index in [1.807, 2.05) is 6.08 Å². The summed E-state index contributed by atoms with van der Waals surface area (Å²) in [5.41, 5.74) is 0. The van der Waals surface area contributed by atoms with Crippen LogP contribution in [0, 0.1) is 0 Å². The molecule has 0 spiro atoms. The Hall–Kier alpha value is -2.18. The van der Waals surface area contributed by atoms with E-state index in [4.69, 9.17) is 4.74 Å². The molecule has 2 unspecified atom stereocenters. The first-order chi connectivity index (χ1) is 39.0. The van der Waals surface area contributed by atoms with E-state index in [-0.39, 0.29) is 18.5 Å². The number of allylic oxidation sites excluding steroid dienone is 7. The third kappa shape index (κ3) is 64.8. The van der Waals surface area contributed by atoms with Gasteiger partial charge >= 0.3 is 5.97 Å². The van der Waals surface area contributed by atoms with Crippen molar-refractivity contribution in [3.8, 4) is 0 Å². The van der Waals surface area contributed by atoms with Gasteiger partial charge in [0.05, 0.1) is 25.4 Å².